The van der Waals surface area contributed by atoms with E-state index in [0.717, 1.165) is 0 Å². The third-order valence-corrected chi connectivity index (χ3v) is 3.81. The molecular weight excluding hydrogens is 350 g/mol. The Balaban J connectivity index is 1.69. The average molecular weight is 365 g/mol. The molecule has 0 amide bonds. The van der Waals surface area contributed by atoms with Crippen LogP contribution in [0.1, 0.15) is 18.1 Å². The van der Waals surface area contributed by atoms with E-state index < -0.39 is 17.7 Å². The Morgan fingerprint density at radius 3 is 2.67 bits per heavy atom. The van der Waals surface area contributed by atoms with Crippen LogP contribution < -0.4 is 10.4 Å². The molecule has 0 aliphatic heterocycles. The predicted octanol–water partition coefficient (Wildman–Crippen LogP) is 2.88. The molecule has 0 radical (unpaired) electrons. The summed E-state index contributed by atoms with van der Waals surface area (Å²) < 4.78 is 15.8. The Kier molecular flexibility index (Phi) is 5.08. The molecular formula is C20H15NO6. The summed E-state index contributed by atoms with van der Waals surface area (Å²) in [6, 6.07) is 13.9. The van der Waals surface area contributed by atoms with Gasteiger partial charge in [-0.05, 0) is 43.3 Å². The fourth-order valence-electron chi connectivity index (χ4n) is 2.46. The third kappa shape index (κ3) is 4.25. The second-order valence-corrected chi connectivity index (χ2v) is 5.78. The van der Waals surface area contributed by atoms with E-state index in [2.05, 4.69) is 0 Å². The third-order valence-electron chi connectivity index (χ3n) is 3.81. The van der Waals surface area contributed by atoms with Crippen LogP contribution in [-0.2, 0) is 16.1 Å². The van der Waals surface area contributed by atoms with E-state index in [4.69, 9.17) is 19.2 Å². The van der Waals surface area contributed by atoms with Crippen molar-refractivity contribution in [3.63, 3.8) is 0 Å². The molecule has 3 aromatic rings. The number of nitriles is 1. The molecule has 27 heavy (non-hydrogen) atoms. The highest BCUT2D eigenvalue weighted by atomic mass is 16.6. The first-order chi connectivity index (χ1) is 13.0. The van der Waals surface area contributed by atoms with Gasteiger partial charge in [0.1, 0.15) is 23.7 Å². The Bertz CT molecular complexity index is 1080. The molecule has 3 rings (SSSR count). The zero-order chi connectivity index (χ0) is 19.4. The van der Waals surface area contributed by atoms with Crippen LogP contribution in [0.4, 0.5) is 0 Å². The molecule has 136 valence electrons. The van der Waals surface area contributed by atoms with Gasteiger partial charge in [0.05, 0.1) is 11.6 Å². The fourth-order valence-corrected chi connectivity index (χ4v) is 2.46. The zero-order valence-corrected chi connectivity index (χ0v) is 14.3. The van der Waals surface area contributed by atoms with Gasteiger partial charge in [-0.3, -0.25) is 0 Å². The number of ether oxygens (including phenoxy) is 2. The molecule has 1 N–H and O–H groups in total. The molecule has 1 heterocycles. The summed E-state index contributed by atoms with van der Waals surface area (Å²) in [7, 11) is 0. The minimum absolute atomic E-state index is 0.0377. The van der Waals surface area contributed by atoms with Crippen molar-refractivity contribution in [3.05, 3.63) is 70.1 Å². The van der Waals surface area contributed by atoms with Crippen LogP contribution in [0.3, 0.4) is 0 Å². The summed E-state index contributed by atoms with van der Waals surface area (Å²) in [5.41, 5.74) is 0.537. The lowest BCUT2D eigenvalue weighted by molar-refractivity contribution is -0.152. The number of hydrogen-bond acceptors (Lipinski definition) is 7. The topological polar surface area (TPSA) is 110 Å². The van der Waals surface area contributed by atoms with Crippen LogP contribution in [0.5, 0.6) is 11.5 Å². The lowest BCUT2D eigenvalue weighted by atomic mass is 10.1. The normalized spacial score (nSPS) is 11.6. The van der Waals surface area contributed by atoms with Gasteiger partial charge in [0.15, 0.2) is 6.10 Å². The lowest BCUT2D eigenvalue weighted by Crippen LogP contribution is -2.26. The van der Waals surface area contributed by atoms with E-state index in [1.807, 2.05) is 6.07 Å². The number of rotatable bonds is 5. The number of esters is 1. The first kappa shape index (κ1) is 18.0. The van der Waals surface area contributed by atoms with Gasteiger partial charge in [-0.15, -0.1) is 0 Å². The first-order valence-electron chi connectivity index (χ1n) is 8.05. The molecule has 0 bridgehead atoms. The van der Waals surface area contributed by atoms with E-state index in [1.165, 1.54) is 25.1 Å². The van der Waals surface area contributed by atoms with Crippen LogP contribution in [0.15, 0.2) is 57.7 Å². The number of nitrogens with zero attached hydrogens (tertiary/aromatic N) is 1. The minimum Gasteiger partial charge on any atom is -0.508 e. The maximum atomic E-state index is 12.2. The van der Waals surface area contributed by atoms with Crippen molar-refractivity contribution in [3.8, 4) is 17.6 Å². The van der Waals surface area contributed by atoms with Crippen LogP contribution in [-0.4, -0.2) is 17.2 Å². The second-order valence-electron chi connectivity index (χ2n) is 5.78. The summed E-state index contributed by atoms with van der Waals surface area (Å²) in [6.07, 6.45) is -0.881. The largest absolute Gasteiger partial charge is 0.508 e. The smallest absolute Gasteiger partial charge is 0.347 e. The molecule has 0 saturated carbocycles. The molecule has 0 fully saturated rings. The molecule has 0 aliphatic rings. The van der Waals surface area contributed by atoms with Crippen LogP contribution in [0.2, 0.25) is 0 Å². The van der Waals surface area contributed by atoms with Gasteiger partial charge in [0.25, 0.3) is 0 Å². The molecule has 0 aliphatic carbocycles. The first-order valence-corrected chi connectivity index (χ1v) is 8.05. The average Bonchev–Trinajstić information content (AvgIpc) is 2.65. The van der Waals surface area contributed by atoms with Gasteiger partial charge in [-0.1, -0.05) is 0 Å². The summed E-state index contributed by atoms with van der Waals surface area (Å²) in [4.78, 5) is 23.8. The summed E-state index contributed by atoms with van der Waals surface area (Å²) >= 11 is 0. The van der Waals surface area contributed by atoms with Crippen molar-refractivity contribution < 1.29 is 23.8 Å². The minimum atomic E-state index is -0.881. The molecule has 2 aromatic carbocycles. The SMILES string of the molecule is C[C@H](Oc1ccc(C#N)cc1)C(=O)OCc1cc(=O)oc2cc(O)ccc12. The summed E-state index contributed by atoms with van der Waals surface area (Å²) in [5, 5.41) is 18.8. The maximum absolute atomic E-state index is 12.2. The monoisotopic (exact) mass is 365 g/mol. The number of fused-ring (bicyclic) bond motifs is 1. The van der Waals surface area contributed by atoms with Crippen LogP contribution in [0, 0.1) is 11.3 Å². The van der Waals surface area contributed by atoms with Gasteiger partial charge in [0.2, 0.25) is 0 Å². The van der Waals surface area contributed by atoms with Crippen LogP contribution >= 0.6 is 0 Å². The lowest BCUT2D eigenvalue weighted by Gasteiger charge is -2.14. The van der Waals surface area contributed by atoms with Crippen molar-refractivity contribution in [1.82, 2.24) is 0 Å². The molecule has 0 spiro atoms. The van der Waals surface area contributed by atoms with Crippen LogP contribution in [0.25, 0.3) is 11.0 Å². The Morgan fingerprint density at radius 1 is 1.22 bits per heavy atom. The molecule has 0 unspecified atom stereocenters. The Labute approximate surface area is 154 Å². The van der Waals surface area contributed by atoms with Crippen molar-refractivity contribution in [2.75, 3.05) is 0 Å². The molecule has 7 nitrogen and oxygen atoms in total. The number of phenols is 1. The number of hydrogen-bond donors (Lipinski definition) is 1. The van der Waals surface area contributed by atoms with E-state index in [1.54, 1.807) is 30.3 Å². The van der Waals surface area contributed by atoms with Crippen molar-refractivity contribution >= 4 is 16.9 Å². The number of benzene rings is 2. The Hall–Kier alpha value is -3.79. The number of phenolic OH excluding ortho intramolecular Hbond substituents is 1. The van der Waals surface area contributed by atoms with Crippen molar-refractivity contribution in [2.45, 2.75) is 19.6 Å². The molecule has 7 heteroatoms. The quantitative estimate of drug-likeness (QED) is 0.547. The highest BCUT2D eigenvalue weighted by Gasteiger charge is 2.17. The zero-order valence-electron chi connectivity index (χ0n) is 14.3. The highest BCUT2D eigenvalue weighted by Crippen LogP contribution is 2.22. The molecule has 1 aromatic heterocycles. The van der Waals surface area contributed by atoms with E-state index in [9.17, 15) is 14.7 Å². The molecule has 0 saturated heterocycles. The maximum Gasteiger partial charge on any atom is 0.347 e. The fraction of sp³-hybridized carbons (Fsp3) is 0.150. The number of carbonyl (C=O) groups excluding carboxylic acids is 1. The van der Waals surface area contributed by atoms with E-state index in [-0.39, 0.29) is 17.9 Å². The standard InChI is InChI=1S/C20H15NO6/c1-12(26-16-5-2-13(10-21)3-6-16)20(24)25-11-14-8-19(23)27-18-9-15(22)4-7-17(14)18/h2-9,12,22H,11H2,1H3/t12-/m0/s1. The Morgan fingerprint density at radius 2 is 1.96 bits per heavy atom. The highest BCUT2D eigenvalue weighted by molar-refractivity contribution is 5.82. The number of carbonyl (C=O) groups is 1. The predicted molar refractivity (Wildman–Crippen MR) is 95.2 cm³/mol. The molecule has 1 atom stereocenters. The second kappa shape index (κ2) is 7.62. The van der Waals surface area contributed by atoms with Gasteiger partial charge in [0, 0.05) is 23.1 Å². The van der Waals surface area contributed by atoms with E-state index >= 15 is 0 Å². The summed E-state index contributed by atoms with van der Waals surface area (Å²) in [5.74, 6) is -0.219. The van der Waals surface area contributed by atoms with Gasteiger partial charge < -0.3 is 19.0 Å². The van der Waals surface area contributed by atoms with E-state index in [0.29, 0.717) is 22.3 Å². The van der Waals surface area contributed by atoms with Gasteiger partial charge in [-0.2, -0.15) is 5.26 Å². The van der Waals surface area contributed by atoms with Crippen molar-refractivity contribution in [2.24, 2.45) is 0 Å². The van der Waals surface area contributed by atoms with Gasteiger partial charge >= 0.3 is 11.6 Å². The summed E-state index contributed by atoms with van der Waals surface area (Å²) in [6.45, 7) is 1.39. The van der Waals surface area contributed by atoms with Gasteiger partial charge in [-0.25, -0.2) is 9.59 Å². The van der Waals surface area contributed by atoms with Crippen molar-refractivity contribution in [1.29, 1.82) is 5.26 Å². The number of aromatic hydroxyl groups is 1.